The molecule has 0 aliphatic rings. The predicted octanol–water partition coefficient (Wildman–Crippen LogP) is 3.47. The lowest BCUT2D eigenvalue weighted by Gasteiger charge is -2.13. The second-order valence-corrected chi connectivity index (χ2v) is 5.78. The lowest BCUT2D eigenvalue weighted by atomic mass is 10.0. The van der Waals surface area contributed by atoms with Gasteiger partial charge in [0.15, 0.2) is 17.3 Å². The van der Waals surface area contributed by atoms with Crippen molar-refractivity contribution < 1.29 is 33.6 Å². The highest BCUT2D eigenvalue weighted by atomic mass is 16.5. The Morgan fingerprint density at radius 1 is 0.893 bits per heavy atom. The van der Waals surface area contributed by atoms with Crippen LogP contribution in [0, 0.1) is 0 Å². The highest BCUT2D eigenvalue weighted by Crippen LogP contribution is 2.38. The number of rotatable bonds is 9. The Morgan fingerprint density at radius 3 is 2.00 bits per heavy atom. The van der Waals surface area contributed by atoms with Crippen molar-refractivity contribution in [3.05, 3.63) is 47.0 Å². The predicted molar refractivity (Wildman–Crippen MR) is 105 cm³/mol. The molecule has 0 aliphatic heterocycles. The van der Waals surface area contributed by atoms with Crippen LogP contribution in [-0.4, -0.2) is 46.4 Å². The van der Waals surface area contributed by atoms with Gasteiger partial charge in [-0.25, -0.2) is 0 Å². The number of phenolic OH excluding ortho intramolecular Hbond substituents is 1. The monoisotopic (exact) mass is 388 g/mol. The van der Waals surface area contributed by atoms with Crippen LogP contribution in [0.1, 0.15) is 21.5 Å². The van der Waals surface area contributed by atoms with E-state index >= 15 is 0 Å². The van der Waals surface area contributed by atoms with E-state index in [0.717, 1.165) is 0 Å². The van der Waals surface area contributed by atoms with Crippen molar-refractivity contribution in [1.82, 2.24) is 0 Å². The fourth-order valence-corrected chi connectivity index (χ4v) is 2.77. The van der Waals surface area contributed by atoms with Gasteiger partial charge in [-0.1, -0.05) is 6.08 Å². The van der Waals surface area contributed by atoms with Crippen LogP contribution in [0.5, 0.6) is 28.7 Å². The first kappa shape index (κ1) is 21.1. The van der Waals surface area contributed by atoms with Crippen LogP contribution in [0.25, 0.3) is 6.08 Å². The Bertz CT molecular complexity index is 846. The molecule has 0 heterocycles. The van der Waals surface area contributed by atoms with Crippen molar-refractivity contribution in [3.63, 3.8) is 0 Å². The quantitative estimate of drug-likeness (QED) is 0.520. The van der Waals surface area contributed by atoms with E-state index in [4.69, 9.17) is 23.7 Å². The van der Waals surface area contributed by atoms with Gasteiger partial charge in [0.1, 0.15) is 17.1 Å². The molecule has 0 saturated heterocycles. The van der Waals surface area contributed by atoms with Gasteiger partial charge in [-0.3, -0.25) is 4.79 Å². The summed E-state index contributed by atoms with van der Waals surface area (Å²) in [5.74, 6) is 1.09. The SMILES string of the molecule is COCc1cc(O)c(C(=O)C=Cc2cc(OC)c(OC)c(OC)c2)c(OC)c1. The first-order chi connectivity index (χ1) is 13.5. The third-order valence-electron chi connectivity index (χ3n) is 4.03. The first-order valence-electron chi connectivity index (χ1n) is 8.40. The number of ether oxygens (including phenoxy) is 5. The summed E-state index contributed by atoms with van der Waals surface area (Å²) in [5.41, 5.74) is 1.44. The van der Waals surface area contributed by atoms with E-state index in [0.29, 0.717) is 35.0 Å². The van der Waals surface area contributed by atoms with Crippen molar-refractivity contribution in [3.8, 4) is 28.7 Å². The molecule has 0 unspecified atom stereocenters. The molecule has 2 aromatic carbocycles. The van der Waals surface area contributed by atoms with E-state index in [1.165, 1.54) is 40.6 Å². The summed E-state index contributed by atoms with van der Waals surface area (Å²) >= 11 is 0. The van der Waals surface area contributed by atoms with Crippen LogP contribution < -0.4 is 18.9 Å². The van der Waals surface area contributed by atoms with Crippen LogP contribution in [0.15, 0.2) is 30.3 Å². The molecule has 7 nitrogen and oxygen atoms in total. The largest absolute Gasteiger partial charge is 0.507 e. The summed E-state index contributed by atoms with van der Waals surface area (Å²) in [6.45, 7) is 0.291. The number of hydrogen-bond donors (Lipinski definition) is 1. The summed E-state index contributed by atoms with van der Waals surface area (Å²) in [5, 5.41) is 10.3. The van der Waals surface area contributed by atoms with Crippen molar-refractivity contribution in [2.75, 3.05) is 35.5 Å². The van der Waals surface area contributed by atoms with Crippen LogP contribution in [0.3, 0.4) is 0 Å². The topological polar surface area (TPSA) is 83.5 Å². The Kier molecular flexibility index (Phi) is 7.28. The van der Waals surface area contributed by atoms with Gasteiger partial charge in [-0.15, -0.1) is 0 Å². The number of hydrogen-bond acceptors (Lipinski definition) is 7. The number of benzene rings is 2. The summed E-state index contributed by atoms with van der Waals surface area (Å²) in [6, 6.07) is 6.56. The summed E-state index contributed by atoms with van der Waals surface area (Å²) in [7, 11) is 7.52. The van der Waals surface area contributed by atoms with Gasteiger partial charge in [0, 0.05) is 7.11 Å². The summed E-state index contributed by atoms with van der Waals surface area (Å²) in [4.78, 5) is 12.7. The molecule has 7 heteroatoms. The maximum atomic E-state index is 12.7. The fourth-order valence-electron chi connectivity index (χ4n) is 2.77. The third-order valence-corrected chi connectivity index (χ3v) is 4.03. The number of phenols is 1. The Balaban J connectivity index is 2.38. The minimum absolute atomic E-state index is 0.0750. The summed E-state index contributed by atoms with van der Waals surface area (Å²) in [6.07, 6.45) is 2.93. The maximum Gasteiger partial charge on any atom is 0.203 e. The van der Waals surface area contributed by atoms with Crippen LogP contribution in [0.2, 0.25) is 0 Å². The number of carbonyl (C=O) groups excluding carboxylic acids is 1. The molecular formula is C21H24O7. The van der Waals surface area contributed by atoms with E-state index in [9.17, 15) is 9.90 Å². The van der Waals surface area contributed by atoms with E-state index in [2.05, 4.69) is 0 Å². The van der Waals surface area contributed by atoms with E-state index in [-0.39, 0.29) is 17.1 Å². The molecule has 0 spiro atoms. The van der Waals surface area contributed by atoms with Gasteiger partial charge in [0.25, 0.3) is 0 Å². The maximum absolute atomic E-state index is 12.7. The minimum atomic E-state index is -0.410. The van der Waals surface area contributed by atoms with Gasteiger partial charge in [-0.05, 0) is 41.5 Å². The number of aromatic hydroxyl groups is 1. The molecule has 0 amide bonds. The van der Waals surface area contributed by atoms with E-state index < -0.39 is 5.78 Å². The van der Waals surface area contributed by atoms with Gasteiger partial charge >= 0.3 is 0 Å². The smallest absolute Gasteiger partial charge is 0.203 e. The second kappa shape index (κ2) is 9.66. The number of carbonyl (C=O) groups is 1. The molecule has 2 aromatic rings. The number of ketones is 1. The van der Waals surface area contributed by atoms with Crippen LogP contribution >= 0.6 is 0 Å². The molecule has 0 aromatic heterocycles. The molecular weight excluding hydrogens is 364 g/mol. The average molecular weight is 388 g/mol. The van der Waals surface area contributed by atoms with Gasteiger partial charge < -0.3 is 28.8 Å². The molecule has 2 rings (SSSR count). The van der Waals surface area contributed by atoms with E-state index in [1.807, 2.05) is 0 Å². The molecule has 0 atom stereocenters. The average Bonchev–Trinajstić information content (AvgIpc) is 2.70. The van der Waals surface area contributed by atoms with Crippen molar-refractivity contribution in [2.45, 2.75) is 6.61 Å². The zero-order valence-electron chi connectivity index (χ0n) is 16.6. The zero-order chi connectivity index (χ0) is 20.7. The Labute approximate surface area is 164 Å². The molecule has 0 saturated carbocycles. The first-order valence-corrected chi connectivity index (χ1v) is 8.40. The summed E-state index contributed by atoms with van der Waals surface area (Å²) < 4.78 is 26.2. The Hall–Kier alpha value is -3.19. The zero-order valence-corrected chi connectivity index (χ0v) is 16.6. The Morgan fingerprint density at radius 2 is 1.50 bits per heavy atom. The molecule has 0 bridgehead atoms. The van der Waals surface area contributed by atoms with Gasteiger partial charge in [-0.2, -0.15) is 0 Å². The van der Waals surface area contributed by atoms with Crippen LogP contribution in [0.4, 0.5) is 0 Å². The lowest BCUT2D eigenvalue weighted by molar-refractivity contribution is 0.104. The molecule has 0 fully saturated rings. The number of allylic oxidation sites excluding steroid dienone is 1. The van der Waals surface area contributed by atoms with Crippen LogP contribution in [-0.2, 0) is 11.3 Å². The van der Waals surface area contributed by atoms with Crippen molar-refractivity contribution in [1.29, 1.82) is 0 Å². The van der Waals surface area contributed by atoms with Gasteiger partial charge in [0.2, 0.25) is 5.75 Å². The molecule has 150 valence electrons. The second-order valence-electron chi connectivity index (χ2n) is 5.78. The van der Waals surface area contributed by atoms with Gasteiger partial charge in [0.05, 0.1) is 35.0 Å². The third kappa shape index (κ3) is 4.55. The van der Waals surface area contributed by atoms with Crippen molar-refractivity contribution in [2.24, 2.45) is 0 Å². The minimum Gasteiger partial charge on any atom is -0.507 e. The molecule has 0 aliphatic carbocycles. The normalized spacial score (nSPS) is 10.8. The standard InChI is InChI=1S/C21H24O7/c1-24-12-14-8-16(23)20(17(11-14)25-2)15(22)7-6-13-9-18(26-3)21(28-5)19(10-13)27-4/h6-11,23H,12H2,1-5H3. The highest BCUT2D eigenvalue weighted by Gasteiger charge is 2.17. The van der Waals surface area contributed by atoms with Crippen molar-refractivity contribution >= 4 is 11.9 Å². The molecule has 1 N–H and O–H groups in total. The van der Waals surface area contributed by atoms with E-state index in [1.54, 1.807) is 31.4 Å². The fraction of sp³-hybridized carbons (Fsp3) is 0.286. The molecule has 28 heavy (non-hydrogen) atoms. The lowest BCUT2D eigenvalue weighted by Crippen LogP contribution is -2.02. The highest BCUT2D eigenvalue weighted by molar-refractivity contribution is 6.10. The molecule has 0 radical (unpaired) electrons. The number of methoxy groups -OCH3 is 5.